The highest BCUT2D eigenvalue weighted by molar-refractivity contribution is 5.97. The molecule has 3 aromatic rings. The van der Waals surface area contributed by atoms with Gasteiger partial charge in [-0.05, 0) is 55.5 Å². The lowest BCUT2D eigenvalue weighted by atomic mass is 9.84. The van der Waals surface area contributed by atoms with E-state index in [0.717, 1.165) is 36.9 Å². The second-order valence-electron chi connectivity index (χ2n) is 8.28. The van der Waals surface area contributed by atoms with E-state index in [-0.39, 0.29) is 17.7 Å². The average Bonchev–Trinajstić information content (AvgIpc) is 3.26. The van der Waals surface area contributed by atoms with Gasteiger partial charge in [0.25, 0.3) is 5.91 Å². The summed E-state index contributed by atoms with van der Waals surface area (Å²) in [4.78, 5) is 31.7. The lowest BCUT2D eigenvalue weighted by Crippen LogP contribution is -2.42. The first-order valence-electron chi connectivity index (χ1n) is 11.1. The van der Waals surface area contributed by atoms with Gasteiger partial charge in [-0.15, -0.1) is 0 Å². The molecule has 6 heteroatoms. The van der Waals surface area contributed by atoms with Crippen molar-refractivity contribution in [3.63, 3.8) is 0 Å². The van der Waals surface area contributed by atoms with Gasteiger partial charge in [0.1, 0.15) is 5.52 Å². The molecular weight excluding hydrogens is 390 g/mol. The van der Waals surface area contributed by atoms with Crippen molar-refractivity contribution < 1.29 is 14.0 Å². The van der Waals surface area contributed by atoms with Crippen LogP contribution in [0.2, 0.25) is 0 Å². The Labute approximate surface area is 182 Å². The first kappa shape index (κ1) is 21.1. The Hall–Kier alpha value is -3.15. The number of rotatable bonds is 6. The summed E-state index contributed by atoms with van der Waals surface area (Å²) in [6.45, 7) is 6.09. The number of carbonyl (C=O) groups is 2. The maximum atomic E-state index is 13.1. The first-order chi connectivity index (χ1) is 15.1. The summed E-state index contributed by atoms with van der Waals surface area (Å²) < 4.78 is 5.91. The molecule has 6 nitrogen and oxygen atoms in total. The minimum absolute atomic E-state index is 0.00102. The van der Waals surface area contributed by atoms with E-state index in [0.29, 0.717) is 36.0 Å². The maximum absolute atomic E-state index is 13.1. The van der Waals surface area contributed by atoms with Crippen molar-refractivity contribution >= 4 is 22.9 Å². The summed E-state index contributed by atoms with van der Waals surface area (Å²) in [6.07, 6.45) is 2.62. The van der Waals surface area contributed by atoms with Crippen molar-refractivity contribution in [2.45, 2.75) is 33.1 Å². The van der Waals surface area contributed by atoms with Crippen LogP contribution in [0.1, 0.15) is 43.5 Å². The molecule has 0 aliphatic carbocycles. The van der Waals surface area contributed by atoms with E-state index in [1.807, 2.05) is 61.2 Å². The molecule has 1 fully saturated rings. The first-order valence-corrected chi connectivity index (χ1v) is 11.1. The minimum atomic E-state index is -0.0225. The molecule has 2 aromatic carbocycles. The number of hydrogen-bond donors (Lipinski definition) is 1. The molecule has 1 aliphatic rings. The van der Waals surface area contributed by atoms with Gasteiger partial charge in [0, 0.05) is 36.7 Å². The van der Waals surface area contributed by atoms with Gasteiger partial charge < -0.3 is 14.6 Å². The molecule has 0 unspecified atom stereocenters. The smallest absolute Gasteiger partial charge is 0.253 e. The predicted octanol–water partition coefficient (Wildman–Crippen LogP) is 4.51. The number of aromatic nitrogens is 1. The standard InChI is InChI=1S/C25H29N3O3/c1-3-13-26-23(29)17(2)18-11-14-28(15-12-18)25(30)20-9-10-21-22(16-20)31-24(27-21)19-7-5-4-6-8-19/h4-10,16-18H,3,11-15H2,1-2H3,(H,26,29)/t17-/m0/s1. The number of hydrogen-bond acceptors (Lipinski definition) is 4. The highest BCUT2D eigenvalue weighted by Crippen LogP contribution is 2.28. The zero-order valence-electron chi connectivity index (χ0n) is 18.1. The second kappa shape index (κ2) is 9.33. The Morgan fingerprint density at radius 1 is 1.16 bits per heavy atom. The second-order valence-corrected chi connectivity index (χ2v) is 8.28. The number of oxazole rings is 1. The van der Waals surface area contributed by atoms with E-state index in [9.17, 15) is 9.59 Å². The molecule has 0 saturated carbocycles. The molecule has 2 amide bonds. The summed E-state index contributed by atoms with van der Waals surface area (Å²) in [5.41, 5.74) is 2.86. The highest BCUT2D eigenvalue weighted by atomic mass is 16.3. The van der Waals surface area contributed by atoms with Crippen molar-refractivity contribution in [1.29, 1.82) is 0 Å². The van der Waals surface area contributed by atoms with Gasteiger partial charge >= 0.3 is 0 Å². The van der Waals surface area contributed by atoms with E-state index >= 15 is 0 Å². The molecule has 1 aliphatic heterocycles. The SMILES string of the molecule is CCCNC(=O)[C@@H](C)C1CCN(C(=O)c2ccc3nc(-c4ccccc4)oc3c2)CC1. The van der Waals surface area contributed by atoms with Crippen LogP contribution in [-0.2, 0) is 4.79 Å². The Morgan fingerprint density at radius 3 is 2.61 bits per heavy atom. The van der Waals surface area contributed by atoms with Gasteiger partial charge in [-0.1, -0.05) is 32.0 Å². The van der Waals surface area contributed by atoms with Crippen LogP contribution in [0.4, 0.5) is 0 Å². The fourth-order valence-corrected chi connectivity index (χ4v) is 4.17. The zero-order chi connectivity index (χ0) is 21.8. The maximum Gasteiger partial charge on any atom is 0.253 e. The van der Waals surface area contributed by atoms with Gasteiger partial charge in [-0.3, -0.25) is 9.59 Å². The average molecular weight is 420 g/mol. The third kappa shape index (κ3) is 4.63. The van der Waals surface area contributed by atoms with Crippen molar-refractivity contribution in [3.05, 3.63) is 54.1 Å². The van der Waals surface area contributed by atoms with E-state index < -0.39 is 0 Å². The van der Waals surface area contributed by atoms with E-state index in [1.54, 1.807) is 6.07 Å². The topological polar surface area (TPSA) is 75.4 Å². The minimum Gasteiger partial charge on any atom is -0.436 e. The number of amides is 2. The molecule has 1 aromatic heterocycles. The van der Waals surface area contributed by atoms with Crippen LogP contribution < -0.4 is 5.32 Å². The number of piperidine rings is 1. The summed E-state index contributed by atoms with van der Waals surface area (Å²) in [5, 5.41) is 2.98. The molecular formula is C25H29N3O3. The van der Waals surface area contributed by atoms with Crippen LogP contribution in [0, 0.1) is 11.8 Å². The predicted molar refractivity (Wildman–Crippen MR) is 121 cm³/mol. The van der Waals surface area contributed by atoms with Crippen LogP contribution in [0.15, 0.2) is 52.9 Å². The number of nitrogens with one attached hydrogen (secondary N) is 1. The molecule has 2 heterocycles. The van der Waals surface area contributed by atoms with Gasteiger partial charge in [-0.25, -0.2) is 4.98 Å². The third-order valence-electron chi connectivity index (χ3n) is 6.15. The number of likely N-dealkylation sites (tertiary alicyclic amines) is 1. The zero-order valence-corrected chi connectivity index (χ0v) is 18.1. The van der Waals surface area contributed by atoms with Crippen LogP contribution in [0.5, 0.6) is 0 Å². The normalized spacial score (nSPS) is 15.7. The van der Waals surface area contributed by atoms with E-state index in [1.165, 1.54) is 0 Å². The highest BCUT2D eigenvalue weighted by Gasteiger charge is 2.30. The lowest BCUT2D eigenvalue weighted by molar-refractivity contribution is -0.126. The summed E-state index contributed by atoms with van der Waals surface area (Å²) in [7, 11) is 0. The Morgan fingerprint density at radius 2 is 1.90 bits per heavy atom. The Bertz CT molecular complexity index is 1050. The molecule has 0 spiro atoms. The molecule has 1 saturated heterocycles. The molecule has 162 valence electrons. The van der Waals surface area contributed by atoms with Crippen molar-refractivity contribution in [1.82, 2.24) is 15.2 Å². The third-order valence-corrected chi connectivity index (χ3v) is 6.15. The number of carbonyl (C=O) groups excluding carboxylic acids is 2. The van der Waals surface area contributed by atoms with Crippen LogP contribution in [0.25, 0.3) is 22.6 Å². The number of fused-ring (bicyclic) bond motifs is 1. The fraction of sp³-hybridized carbons (Fsp3) is 0.400. The molecule has 0 bridgehead atoms. The van der Waals surface area contributed by atoms with Gasteiger partial charge in [0.05, 0.1) is 0 Å². The molecule has 4 rings (SSSR count). The summed E-state index contributed by atoms with van der Waals surface area (Å²) >= 11 is 0. The van der Waals surface area contributed by atoms with Gasteiger partial charge in [0.2, 0.25) is 11.8 Å². The number of benzene rings is 2. The Balaban J connectivity index is 1.41. The number of nitrogens with zero attached hydrogens (tertiary/aromatic N) is 2. The Kier molecular flexibility index (Phi) is 6.35. The van der Waals surface area contributed by atoms with Gasteiger partial charge in [0.15, 0.2) is 5.58 Å². The lowest BCUT2D eigenvalue weighted by Gasteiger charge is -2.34. The van der Waals surface area contributed by atoms with E-state index in [2.05, 4.69) is 10.3 Å². The van der Waals surface area contributed by atoms with Crippen molar-refractivity contribution in [2.24, 2.45) is 11.8 Å². The quantitative estimate of drug-likeness (QED) is 0.638. The molecule has 0 radical (unpaired) electrons. The molecule has 1 N–H and O–H groups in total. The monoisotopic (exact) mass is 419 g/mol. The largest absolute Gasteiger partial charge is 0.436 e. The fourth-order valence-electron chi connectivity index (χ4n) is 4.17. The van der Waals surface area contributed by atoms with Crippen molar-refractivity contribution in [3.8, 4) is 11.5 Å². The van der Waals surface area contributed by atoms with Gasteiger partial charge in [-0.2, -0.15) is 0 Å². The molecule has 1 atom stereocenters. The van der Waals surface area contributed by atoms with Crippen molar-refractivity contribution in [2.75, 3.05) is 19.6 Å². The van der Waals surface area contributed by atoms with Crippen LogP contribution in [0.3, 0.4) is 0 Å². The van der Waals surface area contributed by atoms with Crippen LogP contribution in [-0.4, -0.2) is 41.3 Å². The molecule has 31 heavy (non-hydrogen) atoms. The summed E-state index contributed by atoms with van der Waals surface area (Å²) in [5.74, 6) is 0.964. The van der Waals surface area contributed by atoms with E-state index in [4.69, 9.17) is 4.42 Å². The van der Waals surface area contributed by atoms with Crippen LogP contribution >= 0.6 is 0 Å². The summed E-state index contributed by atoms with van der Waals surface area (Å²) in [6, 6.07) is 15.2.